The summed E-state index contributed by atoms with van der Waals surface area (Å²) in [5.74, 6) is 0. The van der Waals surface area contributed by atoms with Crippen LogP contribution in [0.3, 0.4) is 0 Å². The van der Waals surface area contributed by atoms with Gasteiger partial charge >= 0.3 is 0 Å². The molecule has 120 valence electrons. The molecule has 1 saturated heterocycles. The Balaban J connectivity index is 1.51. The van der Waals surface area contributed by atoms with Crippen molar-refractivity contribution in [3.05, 3.63) is 65.0 Å². The highest BCUT2D eigenvalue weighted by Crippen LogP contribution is 2.09. The fraction of sp³-hybridized carbons (Fsp3) is 0.368. The molecule has 2 heterocycles. The molecule has 0 radical (unpaired) electrons. The first-order valence-corrected chi connectivity index (χ1v) is 8.29. The van der Waals surface area contributed by atoms with E-state index in [0.717, 1.165) is 38.3 Å². The highest BCUT2D eigenvalue weighted by Gasteiger charge is 2.19. The van der Waals surface area contributed by atoms with Crippen LogP contribution < -0.4 is 4.90 Å². The average Bonchev–Trinajstić information content (AvgIpc) is 2.58. The third kappa shape index (κ3) is 4.39. The minimum absolute atomic E-state index is 1.01. The van der Waals surface area contributed by atoms with Crippen molar-refractivity contribution in [1.29, 1.82) is 0 Å². The molecule has 1 aliphatic rings. The fourth-order valence-electron chi connectivity index (χ4n) is 3.02. The van der Waals surface area contributed by atoms with Gasteiger partial charge in [-0.05, 0) is 25.5 Å². The topological polar surface area (TPSA) is 32.9 Å². The lowest BCUT2D eigenvalue weighted by molar-refractivity contribution is -0.918. The number of hydrazone groups is 1. The molecule has 0 saturated carbocycles. The fourth-order valence-corrected chi connectivity index (χ4v) is 3.02. The first-order valence-electron chi connectivity index (χ1n) is 8.29. The van der Waals surface area contributed by atoms with Gasteiger partial charge in [0.15, 0.2) is 0 Å². The summed E-state index contributed by atoms with van der Waals surface area (Å²) in [6.45, 7) is 9.79. The monoisotopic (exact) mass is 309 g/mol. The highest BCUT2D eigenvalue weighted by molar-refractivity contribution is 5.78. The van der Waals surface area contributed by atoms with Crippen molar-refractivity contribution >= 4 is 6.21 Å². The summed E-state index contributed by atoms with van der Waals surface area (Å²) >= 11 is 0. The van der Waals surface area contributed by atoms with Crippen molar-refractivity contribution in [2.75, 3.05) is 26.2 Å². The quantitative estimate of drug-likeness (QED) is 0.867. The number of nitrogens with zero attached hydrogens (tertiary/aromatic N) is 3. The standard InChI is InChI=1S/C19H24N4/c1-16-5-6-19(17(2)12-16)15-22-8-10-23(11-9-22)21-14-18-4-3-7-20-13-18/h3-7,12-14H,8-11,15H2,1-2H3/p+1/b21-14-. The van der Waals surface area contributed by atoms with Gasteiger partial charge in [0.1, 0.15) is 6.54 Å². The number of nitrogens with one attached hydrogen (secondary N) is 1. The molecule has 1 aromatic carbocycles. The summed E-state index contributed by atoms with van der Waals surface area (Å²) in [5.41, 5.74) is 5.28. The van der Waals surface area contributed by atoms with Crippen LogP contribution in [0.1, 0.15) is 22.3 Å². The van der Waals surface area contributed by atoms with Crippen molar-refractivity contribution in [3.8, 4) is 0 Å². The molecule has 4 nitrogen and oxygen atoms in total. The number of piperazine rings is 1. The Hall–Kier alpha value is -2.20. The van der Waals surface area contributed by atoms with Gasteiger partial charge in [0, 0.05) is 23.5 Å². The van der Waals surface area contributed by atoms with E-state index in [2.05, 4.69) is 47.1 Å². The number of pyridine rings is 1. The minimum Gasteiger partial charge on any atom is -0.328 e. The Morgan fingerprint density at radius 1 is 1.22 bits per heavy atom. The van der Waals surface area contributed by atoms with Gasteiger partial charge in [-0.3, -0.25) is 9.99 Å². The maximum Gasteiger partial charge on any atom is 0.103 e. The summed E-state index contributed by atoms with van der Waals surface area (Å²) in [7, 11) is 0. The van der Waals surface area contributed by atoms with E-state index in [4.69, 9.17) is 0 Å². The number of quaternary nitrogens is 1. The summed E-state index contributed by atoms with van der Waals surface area (Å²) < 4.78 is 0. The Morgan fingerprint density at radius 3 is 2.74 bits per heavy atom. The van der Waals surface area contributed by atoms with Crippen LogP contribution in [0.5, 0.6) is 0 Å². The van der Waals surface area contributed by atoms with E-state index in [1.807, 2.05) is 24.5 Å². The summed E-state index contributed by atoms with van der Waals surface area (Å²) in [4.78, 5) is 5.75. The van der Waals surface area contributed by atoms with E-state index in [1.165, 1.54) is 16.7 Å². The largest absolute Gasteiger partial charge is 0.328 e. The zero-order valence-electron chi connectivity index (χ0n) is 14.0. The Bertz CT molecular complexity index is 658. The molecule has 0 bridgehead atoms. The van der Waals surface area contributed by atoms with Crippen molar-refractivity contribution in [2.45, 2.75) is 20.4 Å². The summed E-state index contributed by atoms with van der Waals surface area (Å²) in [5, 5.41) is 6.74. The molecule has 0 unspecified atom stereocenters. The molecule has 0 spiro atoms. The van der Waals surface area contributed by atoms with Crippen LogP contribution in [-0.2, 0) is 6.54 Å². The molecule has 1 aromatic heterocycles. The van der Waals surface area contributed by atoms with Crippen molar-refractivity contribution < 1.29 is 4.90 Å². The van der Waals surface area contributed by atoms with Crippen LogP contribution in [0.15, 0.2) is 47.8 Å². The lowest BCUT2D eigenvalue weighted by Gasteiger charge is -2.30. The Morgan fingerprint density at radius 2 is 2.04 bits per heavy atom. The van der Waals surface area contributed by atoms with Crippen LogP contribution in [-0.4, -0.2) is 42.4 Å². The SMILES string of the molecule is Cc1ccc(C[NH+]2CCN(/N=C\c3cccnc3)CC2)c(C)c1. The van der Waals surface area contributed by atoms with E-state index >= 15 is 0 Å². The molecule has 1 N–H and O–H groups in total. The Labute approximate surface area is 138 Å². The molecule has 0 amide bonds. The van der Waals surface area contributed by atoms with Crippen LogP contribution in [0.4, 0.5) is 0 Å². The third-order valence-electron chi connectivity index (χ3n) is 4.44. The molecule has 3 rings (SSSR count). The minimum atomic E-state index is 1.01. The first-order chi connectivity index (χ1) is 11.2. The molecule has 2 aromatic rings. The number of hydrogen-bond acceptors (Lipinski definition) is 3. The van der Waals surface area contributed by atoms with Gasteiger partial charge < -0.3 is 4.90 Å². The average molecular weight is 309 g/mol. The lowest BCUT2D eigenvalue weighted by Crippen LogP contribution is -3.13. The lowest BCUT2D eigenvalue weighted by atomic mass is 10.1. The molecule has 0 atom stereocenters. The second kappa shape index (κ2) is 7.38. The predicted molar refractivity (Wildman–Crippen MR) is 93.7 cm³/mol. The Kier molecular flexibility index (Phi) is 5.03. The van der Waals surface area contributed by atoms with Gasteiger partial charge in [-0.15, -0.1) is 0 Å². The van der Waals surface area contributed by atoms with Crippen molar-refractivity contribution in [2.24, 2.45) is 5.10 Å². The summed E-state index contributed by atoms with van der Waals surface area (Å²) in [6, 6.07) is 10.7. The van der Waals surface area contributed by atoms with Crippen molar-refractivity contribution in [1.82, 2.24) is 9.99 Å². The zero-order valence-corrected chi connectivity index (χ0v) is 14.0. The van der Waals surface area contributed by atoms with Crippen LogP contribution >= 0.6 is 0 Å². The number of benzene rings is 1. The second-order valence-electron chi connectivity index (χ2n) is 6.34. The van der Waals surface area contributed by atoms with Gasteiger partial charge in [-0.2, -0.15) is 5.10 Å². The summed E-state index contributed by atoms with van der Waals surface area (Å²) in [6.07, 6.45) is 5.53. The van der Waals surface area contributed by atoms with E-state index in [0.29, 0.717) is 0 Å². The maximum atomic E-state index is 4.58. The van der Waals surface area contributed by atoms with E-state index in [-0.39, 0.29) is 0 Å². The molecule has 23 heavy (non-hydrogen) atoms. The molecule has 1 aliphatic heterocycles. The predicted octanol–water partition coefficient (Wildman–Crippen LogP) is 1.43. The van der Waals surface area contributed by atoms with Gasteiger partial charge in [-0.1, -0.05) is 29.8 Å². The molecule has 4 heteroatoms. The normalized spacial score (nSPS) is 16.2. The van der Waals surface area contributed by atoms with Crippen LogP contribution in [0.2, 0.25) is 0 Å². The maximum absolute atomic E-state index is 4.58. The van der Waals surface area contributed by atoms with E-state index < -0.39 is 0 Å². The number of aromatic nitrogens is 1. The number of aryl methyl sites for hydroxylation is 2. The zero-order chi connectivity index (χ0) is 16.1. The van der Waals surface area contributed by atoms with Gasteiger partial charge in [0.25, 0.3) is 0 Å². The van der Waals surface area contributed by atoms with Crippen LogP contribution in [0.25, 0.3) is 0 Å². The molecule has 0 aliphatic carbocycles. The smallest absolute Gasteiger partial charge is 0.103 e. The van der Waals surface area contributed by atoms with Gasteiger partial charge in [-0.25, -0.2) is 0 Å². The molecular weight excluding hydrogens is 284 g/mol. The third-order valence-corrected chi connectivity index (χ3v) is 4.44. The van der Waals surface area contributed by atoms with Gasteiger partial charge in [0.05, 0.1) is 32.4 Å². The number of rotatable bonds is 4. The highest BCUT2D eigenvalue weighted by atomic mass is 15.5. The molecule has 1 fully saturated rings. The van der Waals surface area contributed by atoms with E-state index in [9.17, 15) is 0 Å². The van der Waals surface area contributed by atoms with E-state index in [1.54, 1.807) is 11.1 Å². The van der Waals surface area contributed by atoms with Crippen molar-refractivity contribution in [3.63, 3.8) is 0 Å². The van der Waals surface area contributed by atoms with Crippen LogP contribution in [0, 0.1) is 13.8 Å². The first kappa shape index (κ1) is 15.7. The molecular formula is C19H25N4+. The number of hydrogen-bond donors (Lipinski definition) is 1. The van der Waals surface area contributed by atoms with Gasteiger partial charge in [0.2, 0.25) is 0 Å². The second-order valence-corrected chi connectivity index (χ2v) is 6.34.